The number of rotatable bonds is 2. The topological polar surface area (TPSA) is 79.6 Å². The SMILES string of the molecule is FC1(c2nc(-c3n[nH]c4ccccc34)no2)CCNC1. The van der Waals surface area contributed by atoms with Gasteiger partial charge in [-0.1, -0.05) is 23.4 Å². The molecule has 2 aromatic heterocycles. The molecule has 0 radical (unpaired) electrons. The molecule has 4 rings (SSSR count). The molecule has 1 aromatic carbocycles. The van der Waals surface area contributed by atoms with Gasteiger partial charge >= 0.3 is 0 Å². The van der Waals surface area contributed by atoms with E-state index >= 15 is 0 Å². The number of hydrogen-bond donors (Lipinski definition) is 2. The summed E-state index contributed by atoms with van der Waals surface area (Å²) in [6.45, 7) is 0.815. The second kappa shape index (κ2) is 4.11. The van der Waals surface area contributed by atoms with Gasteiger partial charge in [0.1, 0.15) is 5.69 Å². The van der Waals surface area contributed by atoms with Crippen LogP contribution in [-0.2, 0) is 5.67 Å². The molecule has 102 valence electrons. The van der Waals surface area contributed by atoms with Crippen molar-refractivity contribution in [1.29, 1.82) is 0 Å². The van der Waals surface area contributed by atoms with E-state index in [2.05, 4.69) is 25.7 Å². The zero-order valence-electron chi connectivity index (χ0n) is 10.6. The van der Waals surface area contributed by atoms with Crippen molar-refractivity contribution < 1.29 is 8.91 Å². The van der Waals surface area contributed by atoms with Crippen LogP contribution in [0.2, 0.25) is 0 Å². The van der Waals surface area contributed by atoms with Gasteiger partial charge in [0.2, 0.25) is 11.5 Å². The summed E-state index contributed by atoms with van der Waals surface area (Å²) in [5.41, 5.74) is -0.117. The third-order valence-electron chi connectivity index (χ3n) is 3.59. The molecule has 1 saturated heterocycles. The minimum absolute atomic E-state index is 0.0181. The van der Waals surface area contributed by atoms with E-state index in [1.807, 2.05) is 24.3 Å². The lowest BCUT2D eigenvalue weighted by molar-refractivity contribution is 0.134. The molecule has 1 atom stereocenters. The first-order valence-corrected chi connectivity index (χ1v) is 6.44. The molecular weight excluding hydrogens is 261 g/mol. The molecule has 0 amide bonds. The van der Waals surface area contributed by atoms with E-state index in [0.717, 1.165) is 10.9 Å². The third kappa shape index (κ3) is 1.63. The van der Waals surface area contributed by atoms with Crippen molar-refractivity contribution in [2.45, 2.75) is 12.1 Å². The molecule has 1 fully saturated rings. The molecular formula is C13H12FN5O. The van der Waals surface area contributed by atoms with Crippen molar-refractivity contribution in [3.63, 3.8) is 0 Å². The van der Waals surface area contributed by atoms with Crippen molar-refractivity contribution in [3.8, 4) is 11.5 Å². The summed E-state index contributed by atoms with van der Waals surface area (Å²) < 4.78 is 19.6. The Hall–Kier alpha value is -2.28. The second-order valence-electron chi connectivity index (χ2n) is 4.93. The second-order valence-corrected chi connectivity index (χ2v) is 4.93. The lowest BCUT2D eigenvalue weighted by atomic mass is 10.1. The lowest BCUT2D eigenvalue weighted by Crippen LogP contribution is -2.23. The van der Waals surface area contributed by atoms with Gasteiger partial charge in [0, 0.05) is 18.4 Å². The van der Waals surface area contributed by atoms with E-state index in [4.69, 9.17) is 4.52 Å². The Morgan fingerprint density at radius 2 is 2.20 bits per heavy atom. The quantitative estimate of drug-likeness (QED) is 0.744. The lowest BCUT2D eigenvalue weighted by Gasteiger charge is -2.10. The van der Waals surface area contributed by atoms with Gasteiger partial charge in [-0.2, -0.15) is 10.1 Å². The molecule has 2 N–H and O–H groups in total. The molecule has 0 saturated carbocycles. The zero-order chi connectivity index (χ0) is 13.6. The molecule has 3 aromatic rings. The fraction of sp³-hybridized carbons (Fsp3) is 0.308. The molecule has 20 heavy (non-hydrogen) atoms. The van der Waals surface area contributed by atoms with Crippen LogP contribution in [0.4, 0.5) is 4.39 Å². The molecule has 1 unspecified atom stereocenters. The fourth-order valence-electron chi connectivity index (χ4n) is 2.48. The van der Waals surface area contributed by atoms with Gasteiger partial charge in [-0.25, -0.2) is 4.39 Å². The number of hydrogen-bond acceptors (Lipinski definition) is 5. The Kier molecular flexibility index (Phi) is 2.37. The van der Waals surface area contributed by atoms with Gasteiger partial charge in [0.05, 0.1) is 5.52 Å². The standard InChI is InChI=1S/C13H12FN5O/c14-13(5-6-15-7-13)12-16-11(19-20-12)10-8-3-1-2-4-9(8)17-18-10/h1-4,15H,5-7H2,(H,17,18). The minimum atomic E-state index is -1.57. The molecule has 3 heterocycles. The highest BCUT2D eigenvalue weighted by Crippen LogP contribution is 2.32. The largest absolute Gasteiger partial charge is 0.335 e. The predicted molar refractivity (Wildman–Crippen MR) is 69.7 cm³/mol. The molecule has 0 spiro atoms. The van der Waals surface area contributed by atoms with Crippen molar-refractivity contribution in [2.24, 2.45) is 0 Å². The van der Waals surface area contributed by atoms with Gasteiger partial charge in [-0.05, 0) is 12.6 Å². The van der Waals surface area contributed by atoms with Crippen LogP contribution in [0.15, 0.2) is 28.8 Å². The van der Waals surface area contributed by atoms with E-state index in [9.17, 15) is 4.39 Å². The van der Waals surface area contributed by atoms with Crippen LogP contribution in [0, 0.1) is 0 Å². The normalized spacial score (nSPS) is 22.6. The summed E-state index contributed by atoms with van der Waals surface area (Å²) in [4.78, 5) is 4.18. The van der Waals surface area contributed by atoms with Crippen LogP contribution in [0.3, 0.4) is 0 Å². The average Bonchev–Trinajstić information content (AvgIpc) is 3.16. The molecule has 0 bridgehead atoms. The summed E-state index contributed by atoms with van der Waals surface area (Å²) >= 11 is 0. The van der Waals surface area contributed by atoms with E-state index < -0.39 is 5.67 Å². The first kappa shape index (κ1) is 11.5. The fourth-order valence-corrected chi connectivity index (χ4v) is 2.48. The summed E-state index contributed by atoms with van der Waals surface area (Å²) in [7, 11) is 0. The molecule has 7 heteroatoms. The smallest absolute Gasteiger partial charge is 0.266 e. The van der Waals surface area contributed by atoms with Crippen LogP contribution in [0.1, 0.15) is 12.3 Å². The number of fused-ring (bicyclic) bond motifs is 1. The van der Waals surface area contributed by atoms with E-state index in [1.165, 1.54) is 0 Å². The predicted octanol–water partition coefficient (Wildman–Crippen LogP) is 1.77. The van der Waals surface area contributed by atoms with Gasteiger partial charge < -0.3 is 9.84 Å². The van der Waals surface area contributed by atoms with Crippen LogP contribution >= 0.6 is 0 Å². The van der Waals surface area contributed by atoms with Crippen molar-refractivity contribution in [1.82, 2.24) is 25.7 Å². The highest BCUT2D eigenvalue weighted by molar-refractivity contribution is 5.90. The minimum Gasteiger partial charge on any atom is -0.335 e. The first-order chi connectivity index (χ1) is 9.76. The van der Waals surface area contributed by atoms with Crippen molar-refractivity contribution >= 4 is 10.9 Å². The Balaban J connectivity index is 1.78. The maximum Gasteiger partial charge on any atom is 0.266 e. The summed E-state index contributed by atoms with van der Waals surface area (Å²) in [6, 6.07) is 7.63. The van der Waals surface area contributed by atoms with E-state index in [0.29, 0.717) is 24.5 Å². The number of aromatic amines is 1. The number of aromatic nitrogens is 4. The van der Waals surface area contributed by atoms with E-state index in [1.54, 1.807) is 0 Å². The number of nitrogens with one attached hydrogen (secondary N) is 2. The molecule has 1 aliphatic heterocycles. The monoisotopic (exact) mass is 273 g/mol. The van der Waals surface area contributed by atoms with Crippen molar-refractivity contribution in [2.75, 3.05) is 13.1 Å². The highest BCUT2D eigenvalue weighted by Gasteiger charge is 2.41. The number of H-pyrrole nitrogens is 1. The summed E-state index contributed by atoms with van der Waals surface area (Å²) in [5, 5.41) is 14.8. The Morgan fingerprint density at radius 1 is 1.30 bits per heavy atom. The number of nitrogens with zero attached hydrogens (tertiary/aromatic N) is 3. The molecule has 6 nitrogen and oxygen atoms in total. The average molecular weight is 273 g/mol. The summed E-state index contributed by atoms with van der Waals surface area (Å²) in [5.74, 6) is 0.325. The van der Waals surface area contributed by atoms with Gasteiger partial charge in [0.15, 0.2) is 0 Å². The Bertz CT molecular complexity index is 759. The highest BCUT2D eigenvalue weighted by atomic mass is 19.1. The number of benzene rings is 1. The van der Waals surface area contributed by atoms with E-state index in [-0.39, 0.29) is 12.4 Å². The van der Waals surface area contributed by atoms with Crippen LogP contribution in [0.25, 0.3) is 22.4 Å². The maximum atomic E-state index is 14.5. The Labute approximate surface area is 113 Å². The number of alkyl halides is 1. The van der Waals surface area contributed by atoms with Gasteiger partial charge in [-0.3, -0.25) is 5.10 Å². The number of halogens is 1. The third-order valence-corrected chi connectivity index (χ3v) is 3.59. The number of para-hydroxylation sites is 1. The van der Waals surface area contributed by atoms with Gasteiger partial charge in [-0.15, -0.1) is 0 Å². The molecule has 1 aliphatic rings. The van der Waals surface area contributed by atoms with Crippen molar-refractivity contribution in [3.05, 3.63) is 30.2 Å². The van der Waals surface area contributed by atoms with Crippen LogP contribution < -0.4 is 5.32 Å². The first-order valence-electron chi connectivity index (χ1n) is 6.44. The zero-order valence-corrected chi connectivity index (χ0v) is 10.6. The Morgan fingerprint density at radius 3 is 3.05 bits per heavy atom. The maximum absolute atomic E-state index is 14.5. The van der Waals surface area contributed by atoms with Crippen LogP contribution in [-0.4, -0.2) is 33.4 Å². The molecule has 0 aliphatic carbocycles. The van der Waals surface area contributed by atoms with Crippen LogP contribution in [0.5, 0.6) is 0 Å². The summed E-state index contributed by atoms with van der Waals surface area (Å²) in [6.07, 6.45) is 0.343. The van der Waals surface area contributed by atoms with Gasteiger partial charge in [0.25, 0.3) is 5.89 Å².